The number of aromatic nitrogens is 1. The Bertz CT molecular complexity index is 403. The number of aromatic amines is 1. The number of rotatable bonds is 1. The standard InChI is InChI=1S/C10H11NS/c1-7-9(6-12)8-4-2-3-5-10(8)11-7/h2-5,11-12H,6H2,1H3. The first kappa shape index (κ1) is 7.74. The summed E-state index contributed by atoms with van der Waals surface area (Å²) in [7, 11) is 0. The van der Waals surface area contributed by atoms with Crippen LogP contribution in [0.1, 0.15) is 11.3 Å². The molecule has 0 atom stereocenters. The lowest BCUT2D eigenvalue weighted by Crippen LogP contribution is -1.77. The summed E-state index contributed by atoms with van der Waals surface area (Å²) in [5.74, 6) is 0.801. The maximum absolute atomic E-state index is 4.30. The van der Waals surface area contributed by atoms with Crippen LogP contribution in [-0.2, 0) is 5.75 Å². The molecule has 12 heavy (non-hydrogen) atoms. The van der Waals surface area contributed by atoms with E-state index in [0.717, 1.165) is 5.75 Å². The third-order valence-electron chi connectivity index (χ3n) is 2.19. The summed E-state index contributed by atoms with van der Waals surface area (Å²) >= 11 is 4.30. The van der Waals surface area contributed by atoms with Crippen LogP contribution in [0.25, 0.3) is 10.9 Å². The fourth-order valence-corrected chi connectivity index (χ4v) is 1.95. The van der Waals surface area contributed by atoms with Gasteiger partial charge in [0.25, 0.3) is 0 Å². The summed E-state index contributed by atoms with van der Waals surface area (Å²) in [4.78, 5) is 3.33. The fourth-order valence-electron chi connectivity index (χ4n) is 1.54. The van der Waals surface area contributed by atoms with Gasteiger partial charge in [-0.15, -0.1) is 0 Å². The average molecular weight is 177 g/mol. The molecule has 1 nitrogen and oxygen atoms in total. The van der Waals surface area contributed by atoms with E-state index in [2.05, 4.69) is 42.7 Å². The van der Waals surface area contributed by atoms with Gasteiger partial charge in [-0.05, 0) is 18.6 Å². The van der Waals surface area contributed by atoms with Crippen molar-refractivity contribution in [1.29, 1.82) is 0 Å². The van der Waals surface area contributed by atoms with Crippen molar-refractivity contribution in [2.24, 2.45) is 0 Å². The van der Waals surface area contributed by atoms with E-state index < -0.39 is 0 Å². The van der Waals surface area contributed by atoms with Crippen LogP contribution in [-0.4, -0.2) is 4.98 Å². The lowest BCUT2D eigenvalue weighted by atomic mass is 10.1. The Kier molecular flexibility index (Phi) is 1.85. The number of H-pyrrole nitrogens is 1. The van der Waals surface area contributed by atoms with Gasteiger partial charge in [-0.1, -0.05) is 18.2 Å². The molecule has 0 radical (unpaired) electrons. The van der Waals surface area contributed by atoms with Gasteiger partial charge >= 0.3 is 0 Å². The Hall–Kier alpha value is -0.890. The number of hydrogen-bond donors (Lipinski definition) is 2. The highest BCUT2D eigenvalue weighted by Crippen LogP contribution is 2.22. The van der Waals surface area contributed by atoms with Crippen LogP contribution in [0, 0.1) is 6.92 Å². The molecule has 0 aliphatic carbocycles. The lowest BCUT2D eigenvalue weighted by molar-refractivity contribution is 1.24. The predicted molar refractivity (Wildman–Crippen MR) is 55.7 cm³/mol. The lowest BCUT2D eigenvalue weighted by Gasteiger charge is -1.92. The van der Waals surface area contributed by atoms with Crippen molar-refractivity contribution in [1.82, 2.24) is 4.98 Å². The normalized spacial score (nSPS) is 10.8. The molecule has 0 saturated heterocycles. The third-order valence-corrected chi connectivity index (χ3v) is 2.50. The predicted octanol–water partition coefficient (Wildman–Crippen LogP) is 2.91. The van der Waals surface area contributed by atoms with Crippen LogP contribution < -0.4 is 0 Å². The molecule has 0 bridgehead atoms. The van der Waals surface area contributed by atoms with E-state index in [1.165, 1.54) is 22.2 Å². The Morgan fingerprint density at radius 3 is 2.83 bits per heavy atom. The van der Waals surface area contributed by atoms with Crippen LogP contribution in [0.5, 0.6) is 0 Å². The minimum absolute atomic E-state index is 0.801. The van der Waals surface area contributed by atoms with Crippen molar-refractivity contribution >= 4 is 23.5 Å². The maximum atomic E-state index is 4.30. The number of thiol groups is 1. The van der Waals surface area contributed by atoms with Gasteiger partial charge in [0.05, 0.1) is 0 Å². The summed E-state index contributed by atoms with van der Waals surface area (Å²) in [6.45, 7) is 2.09. The van der Waals surface area contributed by atoms with Crippen LogP contribution in [0.3, 0.4) is 0 Å². The molecule has 1 aromatic heterocycles. The molecule has 0 saturated carbocycles. The van der Waals surface area contributed by atoms with Gasteiger partial charge in [0.15, 0.2) is 0 Å². The van der Waals surface area contributed by atoms with Crippen molar-refractivity contribution < 1.29 is 0 Å². The van der Waals surface area contributed by atoms with Crippen molar-refractivity contribution in [2.45, 2.75) is 12.7 Å². The van der Waals surface area contributed by atoms with Gasteiger partial charge in [0, 0.05) is 22.3 Å². The van der Waals surface area contributed by atoms with Crippen LogP contribution in [0.2, 0.25) is 0 Å². The molecular weight excluding hydrogens is 166 g/mol. The highest BCUT2D eigenvalue weighted by atomic mass is 32.1. The summed E-state index contributed by atoms with van der Waals surface area (Å²) in [6.07, 6.45) is 0. The SMILES string of the molecule is Cc1[nH]c2ccccc2c1CS. The van der Waals surface area contributed by atoms with Gasteiger partial charge < -0.3 is 4.98 Å². The smallest absolute Gasteiger partial charge is 0.0459 e. The fraction of sp³-hybridized carbons (Fsp3) is 0.200. The average Bonchev–Trinajstić information content (AvgIpc) is 2.40. The van der Waals surface area contributed by atoms with Gasteiger partial charge in [-0.2, -0.15) is 12.6 Å². The molecule has 62 valence electrons. The molecule has 0 unspecified atom stereocenters. The maximum Gasteiger partial charge on any atom is 0.0459 e. The molecule has 0 amide bonds. The van der Waals surface area contributed by atoms with Gasteiger partial charge in [-0.25, -0.2) is 0 Å². The van der Waals surface area contributed by atoms with Crippen LogP contribution in [0.4, 0.5) is 0 Å². The molecule has 1 N–H and O–H groups in total. The van der Waals surface area contributed by atoms with Crippen LogP contribution in [0.15, 0.2) is 24.3 Å². The number of hydrogen-bond acceptors (Lipinski definition) is 1. The molecule has 2 rings (SSSR count). The van der Waals surface area contributed by atoms with Crippen molar-refractivity contribution in [3.05, 3.63) is 35.5 Å². The molecule has 0 aliphatic rings. The summed E-state index contributed by atoms with van der Waals surface area (Å²) in [5.41, 5.74) is 3.75. The van der Waals surface area contributed by atoms with E-state index in [0.29, 0.717) is 0 Å². The molecule has 0 aliphatic heterocycles. The van der Waals surface area contributed by atoms with Crippen molar-refractivity contribution in [2.75, 3.05) is 0 Å². The molecule has 1 heterocycles. The molecule has 2 aromatic rings. The molecular formula is C10H11NS. The van der Waals surface area contributed by atoms with Gasteiger partial charge in [-0.3, -0.25) is 0 Å². The van der Waals surface area contributed by atoms with Crippen molar-refractivity contribution in [3.8, 4) is 0 Å². The minimum atomic E-state index is 0.801. The second kappa shape index (κ2) is 2.87. The number of benzene rings is 1. The highest BCUT2D eigenvalue weighted by molar-refractivity contribution is 7.79. The Labute approximate surface area is 77.2 Å². The van der Waals surface area contributed by atoms with E-state index in [1.54, 1.807) is 0 Å². The summed E-state index contributed by atoms with van der Waals surface area (Å²) in [5, 5.41) is 1.30. The van der Waals surface area contributed by atoms with Crippen LogP contribution >= 0.6 is 12.6 Å². The largest absolute Gasteiger partial charge is 0.358 e. The number of aryl methyl sites for hydroxylation is 1. The van der Waals surface area contributed by atoms with E-state index in [-0.39, 0.29) is 0 Å². The molecule has 1 aromatic carbocycles. The number of nitrogens with one attached hydrogen (secondary N) is 1. The van der Waals surface area contributed by atoms with Crippen molar-refractivity contribution in [3.63, 3.8) is 0 Å². The first-order valence-corrected chi connectivity index (χ1v) is 4.63. The zero-order valence-electron chi connectivity index (χ0n) is 6.96. The van der Waals surface area contributed by atoms with Gasteiger partial charge in [0.1, 0.15) is 0 Å². The first-order valence-electron chi connectivity index (χ1n) is 4.00. The number of fused-ring (bicyclic) bond motifs is 1. The second-order valence-electron chi connectivity index (χ2n) is 2.93. The molecule has 0 fully saturated rings. The van der Waals surface area contributed by atoms with E-state index in [4.69, 9.17) is 0 Å². The zero-order valence-corrected chi connectivity index (χ0v) is 7.86. The Morgan fingerprint density at radius 1 is 1.33 bits per heavy atom. The number of para-hydroxylation sites is 1. The Balaban J connectivity index is 2.81. The summed E-state index contributed by atoms with van der Waals surface area (Å²) < 4.78 is 0. The quantitative estimate of drug-likeness (QED) is 0.623. The van der Waals surface area contributed by atoms with E-state index in [9.17, 15) is 0 Å². The topological polar surface area (TPSA) is 15.8 Å². The molecule has 2 heteroatoms. The summed E-state index contributed by atoms with van der Waals surface area (Å²) in [6, 6.07) is 8.32. The van der Waals surface area contributed by atoms with E-state index in [1.807, 2.05) is 6.07 Å². The molecule has 0 spiro atoms. The highest BCUT2D eigenvalue weighted by Gasteiger charge is 2.04. The first-order chi connectivity index (χ1) is 5.83. The monoisotopic (exact) mass is 177 g/mol. The third kappa shape index (κ3) is 1.03. The minimum Gasteiger partial charge on any atom is -0.358 e. The van der Waals surface area contributed by atoms with Gasteiger partial charge in [0.2, 0.25) is 0 Å². The Morgan fingerprint density at radius 2 is 2.08 bits per heavy atom. The van der Waals surface area contributed by atoms with E-state index >= 15 is 0 Å². The zero-order chi connectivity index (χ0) is 8.55. The second-order valence-corrected chi connectivity index (χ2v) is 3.25.